The van der Waals surface area contributed by atoms with Gasteiger partial charge >= 0.3 is 0 Å². The summed E-state index contributed by atoms with van der Waals surface area (Å²) < 4.78 is 0.827. The minimum Gasteiger partial charge on any atom is -0.399 e. The van der Waals surface area contributed by atoms with E-state index in [0.717, 1.165) is 17.3 Å². The van der Waals surface area contributed by atoms with Crippen LogP contribution in [0.15, 0.2) is 22.7 Å². The number of rotatable bonds is 4. The van der Waals surface area contributed by atoms with Gasteiger partial charge in [-0.15, -0.1) is 0 Å². The summed E-state index contributed by atoms with van der Waals surface area (Å²) in [7, 11) is 4.21. The highest BCUT2D eigenvalue weighted by Crippen LogP contribution is 2.31. The number of hydrogen-bond donors (Lipinski definition) is 2. The van der Waals surface area contributed by atoms with Crippen LogP contribution < -0.4 is 11.1 Å². The first kappa shape index (κ1) is 16.3. The number of nitrogens with zero attached hydrogens (tertiary/aromatic N) is 1. The van der Waals surface area contributed by atoms with E-state index < -0.39 is 0 Å². The molecule has 0 heterocycles. The van der Waals surface area contributed by atoms with E-state index >= 15 is 0 Å². The van der Waals surface area contributed by atoms with Crippen LogP contribution in [-0.4, -0.2) is 37.0 Å². The predicted molar refractivity (Wildman–Crippen MR) is 90.4 cm³/mol. The molecule has 0 atom stereocenters. The Morgan fingerprint density at radius 3 is 2.52 bits per heavy atom. The summed E-state index contributed by atoms with van der Waals surface area (Å²) in [6, 6.07) is 5.30. The van der Waals surface area contributed by atoms with Crippen LogP contribution in [0, 0.1) is 0 Å². The van der Waals surface area contributed by atoms with Crippen molar-refractivity contribution in [2.45, 2.75) is 37.6 Å². The van der Waals surface area contributed by atoms with E-state index in [2.05, 4.69) is 40.2 Å². The molecule has 1 fully saturated rings. The smallest absolute Gasteiger partial charge is 0.251 e. The number of carbonyl (C=O) groups is 1. The van der Waals surface area contributed by atoms with Gasteiger partial charge in [-0.05, 0) is 45.1 Å². The van der Waals surface area contributed by atoms with Gasteiger partial charge in [0.1, 0.15) is 0 Å². The fraction of sp³-hybridized carbons (Fsp3) is 0.562. The third-order valence-corrected chi connectivity index (χ3v) is 4.95. The zero-order valence-corrected chi connectivity index (χ0v) is 14.4. The summed E-state index contributed by atoms with van der Waals surface area (Å²) in [5, 5.41) is 3.09. The van der Waals surface area contributed by atoms with Gasteiger partial charge in [0, 0.05) is 27.8 Å². The zero-order chi connectivity index (χ0) is 15.5. The molecule has 4 nitrogen and oxygen atoms in total. The number of carbonyl (C=O) groups excluding carboxylic acids is 1. The number of hydrogen-bond acceptors (Lipinski definition) is 3. The Morgan fingerprint density at radius 1 is 1.29 bits per heavy atom. The lowest BCUT2D eigenvalue weighted by molar-refractivity contribution is 0.0799. The zero-order valence-electron chi connectivity index (χ0n) is 12.8. The molecule has 0 saturated heterocycles. The van der Waals surface area contributed by atoms with Gasteiger partial charge in [-0.1, -0.05) is 35.2 Å². The molecule has 1 aromatic rings. The van der Waals surface area contributed by atoms with Crippen molar-refractivity contribution in [1.29, 1.82) is 0 Å². The molecule has 0 aliphatic heterocycles. The van der Waals surface area contributed by atoms with E-state index in [1.54, 1.807) is 18.2 Å². The van der Waals surface area contributed by atoms with Crippen LogP contribution in [0.3, 0.4) is 0 Å². The molecule has 0 radical (unpaired) electrons. The molecule has 1 aliphatic carbocycles. The lowest BCUT2D eigenvalue weighted by atomic mass is 9.80. The number of nitrogens with two attached hydrogens (primary N) is 1. The third-order valence-electron chi connectivity index (χ3n) is 4.49. The van der Waals surface area contributed by atoms with Crippen LogP contribution >= 0.6 is 15.9 Å². The van der Waals surface area contributed by atoms with Crippen LogP contribution in [0.1, 0.15) is 42.5 Å². The summed E-state index contributed by atoms with van der Waals surface area (Å²) in [4.78, 5) is 14.6. The molecular weight excluding hydrogens is 330 g/mol. The minimum absolute atomic E-state index is 0.0604. The maximum absolute atomic E-state index is 12.4. The highest BCUT2D eigenvalue weighted by molar-refractivity contribution is 9.10. The lowest BCUT2D eigenvalue weighted by Crippen LogP contribution is -2.53. The van der Waals surface area contributed by atoms with E-state index in [0.29, 0.717) is 17.8 Å². The predicted octanol–water partition coefficient (Wildman–Crippen LogP) is 3.03. The van der Waals surface area contributed by atoms with E-state index in [1.165, 1.54) is 19.3 Å². The Bertz CT molecular complexity index is 490. The SMILES string of the molecule is CN(C)C1(CNC(=O)c2cc(N)cc(Br)c2)CCCCC1. The van der Waals surface area contributed by atoms with Crippen molar-refractivity contribution in [3.8, 4) is 0 Å². The summed E-state index contributed by atoms with van der Waals surface area (Å²) in [5.74, 6) is -0.0604. The monoisotopic (exact) mass is 353 g/mol. The van der Waals surface area contributed by atoms with Crippen LogP contribution in [-0.2, 0) is 0 Å². The number of benzene rings is 1. The minimum atomic E-state index is -0.0604. The van der Waals surface area contributed by atoms with Crippen molar-refractivity contribution in [2.24, 2.45) is 0 Å². The second-order valence-electron chi connectivity index (χ2n) is 6.14. The number of nitrogens with one attached hydrogen (secondary N) is 1. The van der Waals surface area contributed by atoms with Gasteiger partial charge in [0.15, 0.2) is 0 Å². The normalized spacial score (nSPS) is 17.7. The highest BCUT2D eigenvalue weighted by atomic mass is 79.9. The molecule has 5 heteroatoms. The average molecular weight is 354 g/mol. The van der Waals surface area contributed by atoms with Crippen molar-refractivity contribution in [2.75, 3.05) is 26.4 Å². The van der Waals surface area contributed by atoms with Crippen LogP contribution in [0.25, 0.3) is 0 Å². The van der Waals surface area contributed by atoms with E-state index in [4.69, 9.17) is 5.73 Å². The summed E-state index contributed by atoms with van der Waals surface area (Å²) in [6.45, 7) is 0.686. The fourth-order valence-electron chi connectivity index (χ4n) is 3.08. The Morgan fingerprint density at radius 2 is 1.95 bits per heavy atom. The van der Waals surface area contributed by atoms with E-state index in [9.17, 15) is 4.79 Å². The van der Waals surface area contributed by atoms with Gasteiger partial charge in [-0.25, -0.2) is 0 Å². The molecule has 1 amide bonds. The van der Waals surface area contributed by atoms with Crippen molar-refractivity contribution in [3.05, 3.63) is 28.2 Å². The third kappa shape index (κ3) is 3.98. The van der Waals surface area contributed by atoms with Crippen molar-refractivity contribution >= 4 is 27.5 Å². The van der Waals surface area contributed by atoms with E-state index in [1.807, 2.05) is 0 Å². The maximum Gasteiger partial charge on any atom is 0.251 e. The fourth-order valence-corrected chi connectivity index (χ4v) is 3.59. The van der Waals surface area contributed by atoms with Crippen LogP contribution in [0.2, 0.25) is 0 Å². The number of likely N-dealkylation sites (N-methyl/N-ethyl adjacent to an activating group) is 1. The highest BCUT2D eigenvalue weighted by Gasteiger charge is 2.34. The molecule has 0 bridgehead atoms. The molecule has 2 rings (SSSR count). The Hall–Kier alpha value is -1.07. The topological polar surface area (TPSA) is 58.4 Å². The molecule has 116 valence electrons. The first-order chi connectivity index (χ1) is 9.93. The Balaban J connectivity index is 2.05. The van der Waals surface area contributed by atoms with Crippen molar-refractivity contribution in [3.63, 3.8) is 0 Å². The van der Waals surface area contributed by atoms with Gasteiger partial charge in [0.2, 0.25) is 0 Å². The number of amides is 1. The van der Waals surface area contributed by atoms with E-state index in [-0.39, 0.29) is 11.4 Å². The molecule has 1 aromatic carbocycles. The number of halogens is 1. The van der Waals surface area contributed by atoms with Gasteiger partial charge in [0.05, 0.1) is 0 Å². The maximum atomic E-state index is 12.4. The lowest BCUT2D eigenvalue weighted by Gasteiger charge is -2.43. The Kier molecular flexibility index (Phi) is 5.27. The largest absolute Gasteiger partial charge is 0.399 e. The molecule has 0 unspecified atom stereocenters. The summed E-state index contributed by atoms with van der Waals surface area (Å²) in [5.41, 5.74) is 7.08. The molecule has 0 spiro atoms. The average Bonchev–Trinajstić information content (AvgIpc) is 2.44. The van der Waals surface area contributed by atoms with Gasteiger partial charge < -0.3 is 16.0 Å². The summed E-state index contributed by atoms with van der Waals surface area (Å²) >= 11 is 3.37. The summed E-state index contributed by atoms with van der Waals surface area (Å²) in [6.07, 6.45) is 6.04. The molecule has 1 saturated carbocycles. The standard InChI is InChI=1S/C16H24BrN3O/c1-20(2)16(6-4-3-5-7-16)11-19-15(21)12-8-13(17)10-14(18)9-12/h8-10H,3-7,11,18H2,1-2H3,(H,19,21). The number of nitrogen functional groups attached to an aromatic ring is 1. The van der Waals surface area contributed by atoms with Crippen LogP contribution in [0.4, 0.5) is 5.69 Å². The van der Waals surface area contributed by atoms with Gasteiger partial charge in [0.25, 0.3) is 5.91 Å². The van der Waals surface area contributed by atoms with Gasteiger partial charge in [-0.2, -0.15) is 0 Å². The first-order valence-electron chi connectivity index (χ1n) is 7.45. The second kappa shape index (κ2) is 6.79. The van der Waals surface area contributed by atoms with Crippen molar-refractivity contribution < 1.29 is 4.79 Å². The number of anilines is 1. The first-order valence-corrected chi connectivity index (χ1v) is 8.24. The molecule has 21 heavy (non-hydrogen) atoms. The molecular formula is C16H24BrN3O. The quantitative estimate of drug-likeness (QED) is 0.818. The van der Waals surface area contributed by atoms with Crippen LogP contribution in [0.5, 0.6) is 0 Å². The molecule has 0 aromatic heterocycles. The second-order valence-corrected chi connectivity index (χ2v) is 7.05. The molecule has 3 N–H and O–H groups in total. The van der Waals surface area contributed by atoms with Crippen molar-refractivity contribution in [1.82, 2.24) is 10.2 Å². The molecule has 1 aliphatic rings. The Labute approximate surface area is 135 Å². The van der Waals surface area contributed by atoms with Gasteiger partial charge in [-0.3, -0.25) is 4.79 Å².